The summed E-state index contributed by atoms with van der Waals surface area (Å²) < 4.78 is 32.9. The number of amides is 1. The standard InChI is InChI=1S/C23H31N3O4S/c1-4-26(5-2)31(28,29)20-10-11-22(25-12-14-30-15-13-25)21(17-20)24-23(27)16-19-9-7-6-8-18(19)3/h6-11,17H,4-5,12-16H2,1-3H3,(H,24,27). The number of ether oxygens (including phenoxy) is 1. The van der Waals surface area contributed by atoms with Crippen molar-refractivity contribution < 1.29 is 17.9 Å². The van der Waals surface area contributed by atoms with Crippen LogP contribution in [0.4, 0.5) is 11.4 Å². The highest BCUT2D eigenvalue weighted by atomic mass is 32.2. The lowest BCUT2D eigenvalue weighted by atomic mass is 10.1. The summed E-state index contributed by atoms with van der Waals surface area (Å²) in [7, 11) is -3.63. The molecule has 1 aliphatic rings. The normalized spacial score (nSPS) is 14.6. The Morgan fingerprint density at radius 1 is 1.10 bits per heavy atom. The van der Waals surface area contributed by atoms with Gasteiger partial charge in [0.25, 0.3) is 0 Å². The van der Waals surface area contributed by atoms with Crippen LogP contribution in [0.25, 0.3) is 0 Å². The fraction of sp³-hybridized carbons (Fsp3) is 0.435. The van der Waals surface area contributed by atoms with Crippen molar-refractivity contribution in [2.75, 3.05) is 49.6 Å². The number of aryl methyl sites for hydroxylation is 1. The lowest BCUT2D eigenvalue weighted by molar-refractivity contribution is -0.115. The number of sulfonamides is 1. The average Bonchev–Trinajstić information content (AvgIpc) is 2.76. The fourth-order valence-corrected chi connectivity index (χ4v) is 5.23. The molecule has 8 heteroatoms. The molecule has 1 heterocycles. The quantitative estimate of drug-likeness (QED) is 0.676. The summed E-state index contributed by atoms with van der Waals surface area (Å²) in [4.78, 5) is 15.2. The molecule has 0 spiro atoms. The van der Waals surface area contributed by atoms with E-state index >= 15 is 0 Å². The maximum absolute atomic E-state index is 13.0. The van der Waals surface area contributed by atoms with E-state index in [1.807, 2.05) is 45.0 Å². The summed E-state index contributed by atoms with van der Waals surface area (Å²) in [6.45, 7) is 8.93. The third-order valence-corrected chi connectivity index (χ3v) is 7.60. The van der Waals surface area contributed by atoms with E-state index in [0.717, 1.165) is 16.8 Å². The molecule has 2 aromatic carbocycles. The molecular weight excluding hydrogens is 414 g/mol. The van der Waals surface area contributed by atoms with Crippen molar-refractivity contribution in [3.63, 3.8) is 0 Å². The highest BCUT2D eigenvalue weighted by molar-refractivity contribution is 7.89. The molecule has 1 saturated heterocycles. The maximum atomic E-state index is 13.0. The van der Waals surface area contributed by atoms with Gasteiger partial charge in [-0.25, -0.2) is 8.42 Å². The number of carbonyl (C=O) groups excluding carboxylic acids is 1. The Morgan fingerprint density at radius 2 is 1.77 bits per heavy atom. The number of carbonyl (C=O) groups is 1. The Morgan fingerprint density at radius 3 is 2.42 bits per heavy atom. The molecule has 1 N–H and O–H groups in total. The van der Waals surface area contributed by atoms with Crippen LogP contribution in [-0.4, -0.2) is 58.0 Å². The predicted octanol–water partition coefficient (Wildman–Crippen LogP) is 3.04. The number of hydrogen-bond acceptors (Lipinski definition) is 5. The zero-order valence-corrected chi connectivity index (χ0v) is 19.2. The molecule has 168 valence electrons. The van der Waals surface area contributed by atoms with Gasteiger partial charge in [0, 0.05) is 26.2 Å². The minimum absolute atomic E-state index is 0.179. The molecular formula is C23H31N3O4S. The largest absolute Gasteiger partial charge is 0.378 e. The number of benzene rings is 2. The van der Waals surface area contributed by atoms with Crippen molar-refractivity contribution in [1.82, 2.24) is 4.31 Å². The van der Waals surface area contributed by atoms with Gasteiger partial charge in [-0.15, -0.1) is 0 Å². The van der Waals surface area contributed by atoms with Gasteiger partial charge in [0.05, 0.1) is 35.9 Å². The molecule has 0 aliphatic carbocycles. The second-order valence-corrected chi connectivity index (χ2v) is 9.46. The molecule has 0 aromatic heterocycles. The van der Waals surface area contributed by atoms with Crippen LogP contribution in [0.2, 0.25) is 0 Å². The van der Waals surface area contributed by atoms with Crippen molar-refractivity contribution in [3.05, 3.63) is 53.6 Å². The van der Waals surface area contributed by atoms with E-state index in [0.29, 0.717) is 45.1 Å². The van der Waals surface area contributed by atoms with Crippen LogP contribution in [0.1, 0.15) is 25.0 Å². The minimum Gasteiger partial charge on any atom is -0.378 e. The molecule has 1 fully saturated rings. The van der Waals surface area contributed by atoms with Gasteiger partial charge in [-0.05, 0) is 36.2 Å². The molecule has 0 atom stereocenters. The molecule has 1 aliphatic heterocycles. The van der Waals surface area contributed by atoms with Crippen molar-refractivity contribution in [1.29, 1.82) is 0 Å². The van der Waals surface area contributed by atoms with Crippen LogP contribution in [0.5, 0.6) is 0 Å². The van der Waals surface area contributed by atoms with Crippen LogP contribution in [-0.2, 0) is 26.0 Å². The predicted molar refractivity (Wildman–Crippen MR) is 123 cm³/mol. The molecule has 7 nitrogen and oxygen atoms in total. The van der Waals surface area contributed by atoms with Crippen LogP contribution < -0.4 is 10.2 Å². The van der Waals surface area contributed by atoms with Gasteiger partial charge in [-0.1, -0.05) is 38.1 Å². The summed E-state index contributed by atoms with van der Waals surface area (Å²) in [5.41, 5.74) is 3.30. The summed E-state index contributed by atoms with van der Waals surface area (Å²) in [6, 6.07) is 12.7. The van der Waals surface area contributed by atoms with Crippen LogP contribution >= 0.6 is 0 Å². The molecule has 0 saturated carbocycles. The van der Waals surface area contributed by atoms with Crippen molar-refractivity contribution in [2.24, 2.45) is 0 Å². The average molecular weight is 446 g/mol. The number of morpholine rings is 1. The first-order valence-electron chi connectivity index (χ1n) is 10.7. The third kappa shape index (κ3) is 5.44. The van der Waals surface area contributed by atoms with Gasteiger partial charge >= 0.3 is 0 Å². The molecule has 2 aromatic rings. The van der Waals surface area contributed by atoms with E-state index in [1.54, 1.807) is 18.2 Å². The van der Waals surface area contributed by atoms with Gasteiger partial charge in [-0.2, -0.15) is 4.31 Å². The maximum Gasteiger partial charge on any atom is 0.243 e. The monoisotopic (exact) mass is 445 g/mol. The number of rotatable bonds is 8. The second-order valence-electron chi connectivity index (χ2n) is 7.52. The van der Waals surface area contributed by atoms with Gasteiger partial charge < -0.3 is 15.0 Å². The van der Waals surface area contributed by atoms with Crippen LogP contribution in [0.15, 0.2) is 47.4 Å². The zero-order chi connectivity index (χ0) is 22.4. The Kier molecular flexibility index (Phi) is 7.69. The van der Waals surface area contributed by atoms with Crippen LogP contribution in [0.3, 0.4) is 0 Å². The van der Waals surface area contributed by atoms with Gasteiger partial charge in [-0.3, -0.25) is 4.79 Å². The first-order valence-corrected chi connectivity index (χ1v) is 12.1. The zero-order valence-electron chi connectivity index (χ0n) is 18.4. The topological polar surface area (TPSA) is 79.0 Å². The summed E-state index contributed by atoms with van der Waals surface area (Å²) >= 11 is 0. The molecule has 0 radical (unpaired) electrons. The third-order valence-electron chi connectivity index (χ3n) is 5.55. The molecule has 0 unspecified atom stereocenters. The molecule has 3 rings (SSSR count). The Bertz CT molecular complexity index is 1010. The van der Waals surface area contributed by atoms with Crippen molar-refractivity contribution >= 4 is 27.3 Å². The SMILES string of the molecule is CCN(CC)S(=O)(=O)c1ccc(N2CCOCC2)c(NC(=O)Cc2ccccc2C)c1. The Hall–Kier alpha value is -2.42. The first kappa shape index (κ1) is 23.2. The van der Waals surface area contributed by atoms with Crippen LogP contribution in [0, 0.1) is 6.92 Å². The Balaban J connectivity index is 1.94. The number of hydrogen-bond donors (Lipinski definition) is 1. The van der Waals surface area contributed by atoms with Gasteiger partial charge in [0.2, 0.25) is 15.9 Å². The first-order chi connectivity index (χ1) is 14.9. The van der Waals surface area contributed by atoms with Crippen molar-refractivity contribution in [2.45, 2.75) is 32.1 Å². The summed E-state index contributed by atoms with van der Waals surface area (Å²) in [5, 5.41) is 2.97. The number of nitrogens with zero attached hydrogens (tertiary/aromatic N) is 2. The number of anilines is 2. The lowest BCUT2D eigenvalue weighted by Crippen LogP contribution is -2.37. The molecule has 1 amide bonds. The van der Waals surface area contributed by atoms with E-state index in [1.165, 1.54) is 4.31 Å². The van der Waals surface area contributed by atoms with Gasteiger partial charge in [0.1, 0.15) is 0 Å². The van der Waals surface area contributed by atoms with E-state index in [9.17, 15) is 13.2 Å². The fourth-order valence-electron chi connectivity index (χ4n) is 3.74. The molecule has 0 bridgehead atoms. The smallest absolute Gasteiger partial charge is 0.243 e. The lowest BCUT2D eigenvalue weighted by Gasteiger charge is -2.31. The van der Waals surface area contributed by atoms with E-state index in [-0.39, 0.29) is 17.2 Å². The summed E-state index contributed by atoms with van der Waals surface area (Å²) in [6.07, 6.45) is 0.224. The van der Waals surface area contributed by atoms with Gasteiger partial charge in [0.15, 0.2) is 0 Å². The summed E-state index contributed by atoms with van der Waals surface area (Å²) in [5.74, 6) is -0.179. The highest BCUT2D eigenvalue weighted by Gasteiger charge is 2.24. The Labute approximate surface area is 185 Å². The van der Waals surface area contributed by atoms with Crippen molar-refractivity contribution in [3.8, 4) is 0 Å². The van der Waals surface area contributed by atoms with E-state index in [4.69, 9.17) is 4.74 Å². The highest BCUT2D eigenvalue weighted by Crippen LogP contribution is 2.31. The second kappa shape index (κ2) is 10.3. The minimum atomic E-state index is -3.63. The number of nitrogens with one attached hydrogen (secondary N) is 1. The molecule has 31 heavy (non-hydrogen) atoms. The van der Waals surface area contributed by atoms with E-state index in [2.05, 4.69) is 10.2 Å². The van der Waals surface area contributed by atoms with E-state index < -0.39 is 10.0 Å².